The molecule has 0 saturated heterocycles. The lowest BCUT2D eigenvalue weighted by atomic mass is 9.87. The lowest BCUT2D eigenvalue weighted by Gasteiger charge is -2.19. The lowest BCUT2D eigenvalue weighted by molar-refractivity contribution is 0.332. The van der Waals surface area contributed by atoms with Gasteiger partial charge in [-0.1, -0.05) is 50.6 Å². The van der Waals surface area contributed by atoms with Crippen molar-refractivity contribution in [2.75, 3.05) is 18.5 Å². The summed E-state index contributed by atoms with van der Waals surface area (Å²) < 4.78 is 5.77. The van der Waals surface area contributed by atoms with Crippen molar-refractivity contribution in [3.05, 3.63) is 58.6 Å². The normalized spacial score (nSPS) is 11.3. The van der Waals surface area contributed by atoms with Crippen LogP contribution in [0, 0.1) is 6.92 Å². The first-order valence-electron chi connectivity index (χ1n) is 7.59. The van der Waals surface area contributed by atoms with Crippen LogP contribution in [0.25, 0.3) is 0 Å². The molecule has 0 atom stereocenters. The lowest BCUT2D eigenvalue weighted by Crippen LogP contribution is -2.13. The predicted molar refractivity (Wildman–Crippen MR) is 95.3 cm³/mol. The fourth-order valence-corrected chi connectivity index (χ4v) is 2.36. The summed E-state index contributed by atoms with van der Waals surface area (Å²) in [5, 5.41) is 4.09. The van der Waals surface area contributed by atoms with E-state index in [0.29, 0.717) is 6.61 Å². The second-order valence-electron chi connectivity index (χ2n) is 6.51. The highest BCUT2D eigenvalue weighted by Crippen LogP contribution is 2.24. The van der Waals surface area contributed by atoms with Gasteiger partial charge < -0.3 is 10.1 Å². The van der Waals surface area contributed by atoms with Crippen LogP contribution >= 0.6 is 11.6 Å². The molecule has 0 bridgehead atoms. The summed E-state index contributed by atoms with van der Waals surface area (Å²) in [4.78, 5) is 0. The van der Waals surface area contributed by atoms with Crippen LogP contribution < -0.4 is 10.1 Å². The van der Waals surface area contributed by atoms with Crippen LogP contribution in [-0.4, -0.2) is 13.2 Å². The number of hydrogen-bond donors (Lipinski definition) is 1. The minimum atomic E-state index is 0.171. The molecule has 0 saturated carbocycles. The van der Waals surface area contributed by atoms with Gasteiger partial charge in [0, 0.05) is 17.3 Å². The molecule has 0 fully saturated rings. The van der Waals surface area contributed by atoms with Gasteiger partial charge >= 0.3 is 0 Å². The third-order valence-corrected chi connectivity index (χ3v) is 3.84. The van der Waals surface area contributed by atoms with Crippen molar-refractivity contribution in [1.29, 1.82) is 0 Å². The molecule has 0 aliphatic carbocycles. The highest BCUT2D eigenvalue weighted by molar-refractivity contribution is 6.30. The highest BCUT2D eigenvalue weighted by Gasteiger charge is 2.12. The molecule has 2 rings (SSSR count). The Morgan fingerprint density at radius 2 is 1.73 bits per heavy atom. The fraction of sp³-hybridized carbons (Fsp3) is 0.368. The van der Waals surface area contributed by atoms with Gasteiger partial charge in [0.2, 0.25) is 0 Å². The van der Waals surface area contributed by atoms with E-state index in [9.17, 15) is 0 Å². The molecule has 2 aromatic carbocycles. The maximum atomic E-state index is 6.01. The maximum Gasteiger partial charge on any atom is 0.119 e. The van der Waals surface area contributed by atoms with Crippen molar-refractivity contribution >= 4 is 17.3 Å². The number of ether oxygens (including phenoxy) is 1. The molecule has 2 aromatic rings. The molecule has 0 aliphatic heterocycles. The van der Waals surface area contributed by atoms with Gasteiger partial charge in [0.25, 0.3) is 0 Å². The number of rotatable bonds is 5. The molecule has 0 heterocycles. The van der Waals surface area contributed by atoms with Crippen molar-refractivity contribution in [1.82, 2.24) is 0 Å². The molecule has 0 aliphatic rings. The molecule has 0 spiro atoms. The topological polar surface area (TPSA) is 21.3 Å². The van der Waals surface area contributed by atoms with E-state index in [0.717, 1.165) is 23.0 Å². The van der Waals surface area contributed by atoms with E-state index >= 15 is 0 Å². The molecule has 0 unspecified atom stereocenters. The molecule has 1 N–H and O–H groups in total. The number of halogens is 1. The number of benzene rings is 2. The van der Waals surface area contributed by atoms with Gasteiger partial charge in [0.05, 0.1) is 0 Å². The van der Waals surface area contributed by atoms with E-state index in [4.69, 9.17) is 16.3 Å². The first-order chi connectivity index (χ1) is 10.4. The second-order valence-corrected chi connectivity index (χ2v) is 6.95. The number of hydrogen-bond acceptors (Lipinski definition) is 2. The zero-order valence-corrected chi connectivity index (χ0v) is 14.5. The summed E-state index contributed by atoms with van der Waals surface area (Å²) >= 11 is 6.01. The molecule has 2 nitrogen and oxygen atoms in total. The van der Waals surface area contributed by atoms with Gasteiger partial charge in [-0.25, -0.2) is 0 Å². The van der Waals surface area contributed by atoms with Crippen molar-refractivity contribution in [2.24, 2.45) is 0 Å². The Morgan fingerprint density at radius 3 is 2.36 bits per heavy atom. The van der Waals surface area contributed by atoms with Crippen LogP contribution in [0.3, 0.4) is 0 Å². The molecule has 0 aromatic heterocycles. The average molecular weight is 318 g/mol. The second kappa shape index (κ2) is 7.06. The van der Waals surface area contributed by atoms with Crippen molar-refractivity contribution < 1.29 is 4.74 Å². The van der Waals surface area contributed by atoms with Crippen LogP contribution in [-0.2, 0) is 5.41 Å². The minimum absolute atomic E-state index is 0.171. The number of nitrogens with one attached hydrogen (secondary N) is 1. The Bertz CT molecular complexity index is 614. The SMILES string of the molecule is Cc1ccc(Cl)cc1NCCOc1ccc(C(C)(C)C)cc1. The van der Waals surface area contributed by atoms with Crippen molar-refractivity contribution in [3.8, 4) is 5.75 Å². The van der Waals surface area contributed by atoms with Crippen LogP contribution in [0.2, 0.25) is 5.02 Å². The summed E-state index contributed by atoms with van der Waals surface area (Å²) in [6.07, 6.45) is 0. The summed E-state index contributed by atoms with van der Waals surface area (Å²) in [7, 11) is 0. The minimum Gasteiger partial charge on any atom is -0.492 e. The van der Waals surface area contributed by atoms with Gasteiger partial charge in [-0.3, -0.25) is 0 Å². The Morgan fingerprint density at radius 1 is 1.05 bits per heavy atom. The maximum absolute atomic E-state index is 6.01. The molecular formula is C19H24ClNO. The van der Waals surface area contributed by atoms with Crippen LogP contribution in [0.4, 0.5) is 5.69 Å². The molecular weight excluding hydrogens is 294 g/mol. The van der Waals surface area contributed by atoms with Gasteiger partial charge in [0.15, 0.2) is 0 Å². The van der Waals surface area contributed by atoms with Crippen molar-refractivity contribution in [2.45, 2.75) is 33.1 Å². The molecule has 3 heteroatoms. The number of aryl methyl sites for hydroxylation is 1. The Kier molecular flexibility index (Phi) is 5.36. The van der Waals surface area contributed by atoms with E-state index in [1.807, 2.05) is 30.3 Å². The summed E-state index contributed by atoms with van der Waals surface area (Å²) in [5.41, 5.74) is 3.72. The Hall–Kier alpha value is -1.67. The standard InChI is InChI=1S/C19H24ClNO/c1-14-5-8-16(20)13-18(14)21-11-12-22-17-9-6-15(7-10-17)19(2,3)4/h5-10,13,21H,11-12H2,1-4H3. The van der Waals surface area contributed by atoms with E-state index < -0.39 is 0 Å². The van der Waals surface area contributed by atoms with Gasteiger partial charge in [0.1, 0.15) is 12.4 Å². The largest absolute Gasteiger partial charge is 0.492 e. The van der Waals surface area contributed by atoms with Crippen LogP contribution in [0.5, 0.6) is 5.75 Å². The van der Waals surface area contributed by atoms with E-state index in [1.54, 1.807) is 0 Å². The van der Waals surface area contributed by atoms with E-state index in [-0.39, 0.29) is 5.41 Å². The van der Waals surface area contributed by atoms with Gasteiger partial charge in [-0.15, -0.1) is 0 Å². The third kappa shape index (κ3) is 4.67. The quantitative estimate of drug-likeness (QED) is 0.742. The third-order valence-electron chi connectivity index (χ3n) is 3.61. The predicted octanol–water partition coefficient (Wildman–Crippen LogP) is 5.44. The molecule has 0 radical (unpaired) electrons. The molecule has 22 heavy (non-hydrogen) atoms. The zero-order valence-electron chi connectivity index (χ0n) is 13.7. The van der Waals surface area contributed by atoms with E-state index in [1.165, 1.54) is 11.1 Å². The van der Waals surface area contributed by atoms with Crippen LogP contribution in [0.15, 0.2) is 42.5 Å². The molecule has 0 amide bonds. The summed E-state index contributed by atoms with van der Waals surface area (Å²) in [6, 6.07) is 14.2. The van der Waals surface area contributed by atoms with Crippen molar-refractivity contribution in [3.63, 3.8) is 0 Å². The Balaban J connectivity index is 1.83. The smallest absolute Gasteiger partial charge is 0.119 e. The van der Waals surface area contributed by atoms with Crippen LogP contribution in [0.1, 0.15) is 31.9 Å². The zero-order chi connectivity index (χ0) is 16.2. The average Bonchev–Trinajstić information content (AvgIpc) is 2.46. The monoisotopic (exact) mass is 317 g/mol. The van der Waals surface area contributed by atoms with Gasteiger partial charge in [-0.2, -0.15) is 0 Å². The first kappa shape index (κ1) is 16.7. The summed E-state index contributed by atoms with van der Waals surface area (Å²) in [6.45, 7) is 10.0. The number of anilines is 1. The first-order valence-corrected chi connectivity index (χ1v) is 7.97. The van der Waals surface area contributed by atoms with E-state index in [2.05, 4.69) is 45.1 Å². The highest BCUT2D eigenvalue weighted by atomic mass is 35.5. The van der Waals surface area contributed by atoms with Gasteiger partial charge in [-0.05, 0) is 47.7 Å². The Labute approximate surface area is 138 Å². The molecule has 118 valence electrons. The fourth-order valence-electron chi connectivity index (χ4n) is 2.19. The summed E-state index contributed by atoms with van der Waals surface area (Å²) in [5.74, 6) is 0.901.